The van der Waals surface area contributed by atoms with Crippen LogP contribution >= 0.6 is 0 Å². The van der Waals surface area contributed by atoms with Crippen LogP contribution in [0.5, 0.6) is 5.75 Å². The van der Waals surface area contributed by atoms with Gasteiger partial charge in [-0.15, -0.1) is 0 Å². The SMILES string of the molecule is CCc1noc(CC)c1CC(=O)N1CCCC1Cc1ccccc1OC. The van der Waals surface area contributed by atoms with Gasteiger partial charge in [-0.1, -0.05) is 37.2 Å². The molecule has 1 unspecified atom stereocenters. The summed E-state index contributed by atoms with van der Waals surface area (Å²) in [6.07, 6.45) is 4.86. The number of para-hydroxylation sites is 1. The van der Waals surface area contributed by atoms with E-state index in [1.54, 1.807) is 7.11 Å². The number of hydrogen-bond donors (Lipinski definition) is 0. The molecule has 0 N–H and O–H groups in total. The van der Waals surface area contributed by atoms with Crippen LogP contribution in [-0.4, -0.2) is 35.7 Å². The number of rotatable bonds is 7. The number of aromatic nitrogens is 1. The topological polar surface area (TPSA) is 55.6 Å². The van der Waals surface area contributed by atoms with E-state index in [4.69, 9.17) is 9.26 Å². The fourth-order valence-electron chi connectivity index (χ4n) is 3.89. The predicted molar refractivity (Wildman–Crippen MR) is 100 cm³/mol. The normalized spacial score (nSPS) is 16.9. The molecule has 5 nitrogen and oxygen atoms in total. The average molecular weight is 356 g/mol. The number of amides is 1. The Bertz CT molecular complexity index is 732. The fraction of sp³-hybridized carbons (Fsp3) is 0.524. The molecule has 1 atom stereocenters. The van der Waals surface area contributed by atoms with Gasteiger partial charge in [0.2, 0.25) is 5.91 Å². The largest absolute Gasteiger partial charge is 0.496 e. The molecule has 2 heterocycles. The number of carbonyl (C=O) groups is 1. The summed E-state index contributed by atoms with van der Waals surface area (Å²) in [4.78, 5) is 15.1. The van der Waals surface area contributed by atoms with Gasteiger partial charge in [-0.05, 0) is 37.3 Å². The maximum absolute atomic E-state index is 13.0. The molecule has 1 amide bonds. The van der Waals surface area contributed by atoms with Crippen molar-refractivity contribution >= 4 is 5.91 Å². The quantitative estimate of drug-likeness (QED) is 0.761. The summed E-state index contributed by atoms with van der Waals surface area (Å²) in [5.74, 6) is 1.91. The van der Waals surface area contributed by atoms with Gasteiger partial charge in [-0.2, -0.15) is 0 Å². The van der Waals surface area contributed by atoms with Crippen LogP contribution < -0.4 is 4.74 Å². The van der Waals surface area contributed by atoms with Gasteiger partial charge in [0.05, 0.1) is 19.2 Å². The van der Waals surface area contributed by atoms with E-state index in [0.717, 1.165) is 67.0 Å². The highest BCUT2D eigenvalue weighted by atomic mass is 16.5. The van der Waals surface area contributed by atoms with E-state index < -0.39 is 0 Å². The number of methoxy groups -OCH3 is 1. The molecule has 2 aromatic rings. The van der Waals surface area contributed by atoms with Crippen molar-refractivity contribution in [3.8, 4) is 5.75 Å². The standard InChI is InChI=1S/C21H28N2O3/c1-4-18-17(19(5-2)26-22-18)14-21(24)23-12-8-10-16(23)13-15-9-6-7-11-20(15)25-3/h6-7,9,11,16H,4-5,8,10,12-14H2,1-3H3. The number of benzene rings is 1. The minimum absolute atomic E-state index is 0.176. The Balaban J connectivity index is 1.74. The number of ether oxygens (including phenoxy) is 1. The highest BCUT2D eigenvalue weighted by molar-refractivity contribution is 5.80. The first-order valence-corrected chi connectivity index (χ1v) is 9.55. The molecule has 5 heteroatoms. The van der Waals surface area contributed by atoms with Crippen LogP contribution in [0.1, 0.15) is 49.3 Å². The first kappa shape index (κ1) is 18.5. The van der Waals surface area contributed by atoms with Crippen LogP contribution in [0.25, 0.3) is 0 Å². The van der Waals surface area contributed by atoms with E-state index >= 15 is 0 Å². The van der Waals surface area contributed by atoms with E-state index in [-0.39, 0.29) is 11.9 Å². The van der Waals surface area contributed by atoms with Crippen molar-refractivity contribution in [2.45, 2.75) is 58.4 Å². The Labute approximate surface area is 155 Å². The van der Waals surface area contributed by atoms with E-state index in [1.807, 2.05) is 36.9 Å². The summed E-state index contributed by atoms with van der Waals surface area (Å²) in [5, 5.41) is 4.13. The second kappa shape index (κ2) is 8.39. The predicted octanol–water partition coefficient (Wildman–Crippen LogP) is 3.58. The van der Waals surface area contributed by atoms with Gasteiger partial charge in [0.15, 0.2) is 0 Å². The van der Waals surface area contributed by atoms with Crippen LogP contribution in [-0.2, 0) is 30.5 Å². The van der Waals surface area contributed by atoms with Crippen molar-refractivity contribution in [3.05, 3.63) is 46.8 Å². The third-order valence-corrected chi connectivity index (χ3v) is 5.28. The molecule has 1 aromatic carbocycles. The lowest BCUT2D eigenvalue weighted by molar-refractivity contribution is -0.131. The molecule has 1 saturated heterocycles. The second-order valence-electron chi connectivity index (χ2n) is 6.81. The van der Waals surface area contributed by atoms with Crippen LogP contribution in [0, 0.1) is 0 Å². The molecule has 1 aromatic heterocycles. The van der Waals surface area contributed by atoms with Gasteiger partial charge < -0.3 is 14.2 Å². The highest BCUT2D eigenvalue weighted by Crippen LogP contribution is 2.27. The molecule has 140 valence electrons. The number of likely N-dealkylation sites (tertiary alicyclic amines) is 1. The molecular formula is C21H28N2O3. The maximum atomic E-state index is 13.0. The summed E-state index contributed by atoms with van der Waals surface area (Å²) >= 11 is 0. The Morgan fingerprint density at radius 1 is 1.31 bits per heavy atom. The molecule has 26 heavy (non-hydrogen) atoms. The van der Waals surface area contributed by atoms with Crippen LogP contribution in [0.4, 0.5) is 0 Å². The van der Waals surface area contributed by atoms with Gasteiger partial charge in [0.1, 0.15) is 11.5 Å². The molecule has 1 fully saturated rings. The molecule has 1 aliphatic heterocycles. The third kappa shape index (κ3) is 3.76. The lowest BCUT2D eigenvalue weighted by Crippen LogP contribution is -2.38. The highest BCUT2D eigenvalue weighted by Gasteiger charge is 2.30. The zero-order chi connectivity index (χ0) is 18.5. The first-order valence-electron chi connectivity index (χ1n) is 9.55. The lowest BCUT2D eigenvalue weighted by atomic mass is 10.0. The Kier molecular flexibility index (Phi) is 5.96. The van der Waals surface area contributed by atoms with E-state index in [9.17, 15) is 4.79 Å². The minimum Gasteiger partial charge on any atom is -0.496 e. The van der Waals surface area contributed by atoms with Crippen molar-refractivity contribution in [3.63, 3.8) is 0 Å². The number of nitrogens with zero attached hydrogens (tertiary/aromatic N) is 2. The van der Waals surface area contributed by atoms with Crippen molar-refractivity contribution in [1.82, 2.24) is 10.1 Å². The molecule has 0 bridgehead atoms. The zero-order valence-electron chi connectivity index (χ0n) is 16.0. The Morgan fingerprint density at radius 2 is 2.12 bits per heavy atom. The van der Waals surface area contributed by atoms with Crippen LogP contribution in [0.15, 0.2) is 28.8 Å². The minimum atomic E-state index is 0.176. The van der Waals surface area contributed by atoms with Crippen LogP contribution in [0.2, 0.25) is 0 Å². The van der Waals surface area contributed by atoms with E-state index in [0.29, 0.717) is 6.42 Å². The van der Waals surface area contributed by atoms with Gasteiger partial charge in [-0.25, -0.2) is 0 Å². The van der Waals surface area contributed by atoms with Crippen LogP contribution in [0.3, 0.4) is 0 Å². The zero-order valence-corrected chi connectivity index (χ0v) is 16.0. The lowest BCUT2D eigenvalue weighted by Gasteiger charge is -2.25. The second-order valence-corrected chi connectivity index (χ2v) is 6.81. The summed E-state index contributed by atoms with van der Waals surface area (Å²) in [7, 11) is 1.70. The number of carbonyl (C=O) groups excluding carboxylic acids is 1. The van der Waals surface area contributed by atoms with Crippen molar-refractivity contribution < 1.29 is 14.1 Å². The average Bonchev–Trinajstić information content (AvgIpc) is 3.28. The first-order chi connectivity index (χ1) is 12.7. The van der Waals surface area contributed by atoms with Gasteiger partial charge in [0.25, 0.3) is 0 Å². The third-order valence-electron chi connectivity index (χ3n) is 5.28. The van der Waals surface area contributed by atoms with Gasteiger partial charge in [0, 0.05) is 24.6 Å². The van der Waals surface area contributed by atoms with Gasteiger partial charge >= 0.3 is 0 Å². The monoisotopic (exact) mass is 356 g/mol. The molecular weight excluding hydrogens is 328 g/mol. The molecule has 1 aliphatic rings. The summed E-state index contributed by atoms with van der Waals surface area (Å²) < 4.78 is 10.9. The molecule has 0 saturated carbocycles. The molecule has 3 rings (SSSR count). The summed E-state index contributed by atoms with van der Waals surface area (Å²) in [6, 6.07) is 8.30. The number of aryl methyl sites for hydroxylation is 2. The Hall–Kier alpha value is -2.30. The number of hydrogen-bond acceptors (Lipinski definition) is 4. The Morgan fingerprint density at radius 3 is 2.85 bits per heavy atom. The molecule has 0 radical (unpaired) electrons. The smallest absolute Gasteiger partial charge is 0.227 e. The molecule has 0 aliphatic carbocycles. The fourth-order valence-corrected chi connectivity index (χ4v) is 3.89. The van der Waals surface area contributed by atoms with Gasteiger partial charge in [-0.3, -0.25) is 4.79 Å². The maximum Gasteiger partial charge on any atom is 0.227 e. The molecule has 0 spiro atoms. The summed E-state index contributed by atoms with van der Waals surface area (Å²) in [5.41, 5.74) is 3.06. The van der Waals surface area contributed by atoms with Crippen molar-refractivity contribution in [2.24, 2.45) is 0 Å². The van der Waals surface area contributed by atoms with E-state index in [2.05, 4.69) is 11.2 Å². The van der Waals surface area contributed by atoms with Crippen molar-refractivity contribution in [2.75, 3.05) is 13.7 Å². The summed E-state index contributed by atoms with van der Waals surface area (Å²) in [6.45, 7) is 4.91. The van der Waals surface area contributed by atoms with E-state index in [1.165, 1.54) is 0 Å². The van der Waals surface area contributed by atoms with Crippen molar-refractivity contribution in [1.29, 1.82) is 0 Å².